The van der Waals surface area contributed by atoms with Gasteiger partial charge in [0.1, 0.15) is 0 Å². The predicted octanol–water partition coefficient (Wildman–Crippen LogP) is 1.14. The van der Waals surface area contributed by atoms with E-state index in [1.807, 2.05) is 0 Å². The fraction of sp³-hybridized carbons (Fsp3) is 0.455. The second kappa shape index (κ2) is 3.47. The van der Waals surface area contributed by atoms with Crippen LogP contribution in [-0.2, 0) is 5.54 Å². The van der Waals surface area contributed by atoms with Crippen LogP contribution < -0.4 is 10.5 Å². The van der Waals surface area contributed by atoms with Crippen molar-refractivity contribution in [2.75, 3.05) is 7.11 Å². The van der Waals surface area contributed by atoms with Crippen LogP contribution in [0.1, 0.15) is 18.4 Å². The Morgan fingerprint density at radius 3 is 2.73 bits per heavy atom. The van der Waals surface area contributed by atoms with Crippen molar-refractivity contribution in [2.24, 2.45) is 5.73 Å². The summed E-state index contributed by atoms with van der Waals surface area (Å²) in [5.74, 6) is -0.205. The molecule has 0 heterocycles. The van der Waals surface area contributed by atoms with Gasteiger partial charge in [0.25, 0.3) is 0 Å². The van der Waals surface area contributed by atoms with Gasteiger partial charge in [0.15, 0.2) is 11.6 Å². The van der Waals surface area contributed by atoms with Crippen LogP contribution in [0.4, 0.5) is 4.39 Å². The van der Waals surface area contributed by atoms with Crippen LogP contribution in [0.15, 0.2) is 18.2 Å². The molecule has 1 fully saturated rings. The SMILES string of the molecule is COc1cc(C2(N)CC(O)C2)ccc1F. The Morgan fingerprint density at radius 1 is 1.53 bits per heavy atom. The molecule has 0 bridgehead atoms. The van der Waals surface area contributed by atoms with Crippen molar-refractivity contribution in [3.63, 3.8) is 0 Å². The van der Waals surface area contributed by atoms with Crippen molar-refractivity contribution in [1.29, 1.82) is 0 Å². The van der Waals surface area contributed by atoms with Crippen LogP contribution in [0.3, 0.4) is 0 Å². The summed E-state index contributed by atoms with van der Waals surface area (Å²) in [6.45, 7) is 0. The molecule has 15 heavy (non-hydrogen) atoms. The molecule has 3 nitrogen and oxygen atoms in total. The summed E-state index contributed by atoms with van der Waals surface area (Å²) in [5, 5.41) is 9.24. The van der Waals surface area contributed by atoms with Crippen molar-refractivity contribution >= 4 is 0 Å². The third kappa shape index (κ3) is 1.70. The second-order valence-electron chi connectivity index (χ2n) is 4.07. The van der Waals surface area contributed by atoms with Crippen LogP contribution in [-0.4, -0.2) is 18.3 Å². The van der Waals surface area contributed by atoms with Crippen molar-refractivity contribution in [2.45, 2.75) is 24.5 Å². The number of nitrogens with two attached hydrogens (primary N) is 1. The quantitative estimate of drug-likeness (QED) is 0.771. The maximum atomic E-state index is 13.1. The van der Waals surface area contributed by atoms with Crippen molar-refractivity contribution < 1.29 is 14.2 Å². The minimum Gasteiger partial charge on any atom is -0.494 e. The maximum Gasteiger partial charge on any atom is 0.165 e. The lowest BCUT2D eigenvalue weighted by molar-refractivity contribution is 0.0208. The minimum atomic E-state index is -0.527. The zero-order valence-corrected chi connectivity index (χ0v) is 8.53. The number of aliphatic hydroxyl groups is 1. The normalized spacial score (nSPS) is 29.7. The molecule has 82 valence electrons. The molecule has 1 aliphatic rings. The zero-order chi connectivity index (χ0) is 11.1. The van der Waals surface area contributed by atoms with Gasteiger partial charge >= 0.3 is 0 Å². The first-order chi connectivity index (χ1) is 7.05. The molecule has 0 saturated heterocycles. The number of aliphatic hydroxyl groups excluding tert-OH is 1. The smallest absolute Gasteiger partial charge is 0.165 e. The molecule has 1 aromatic rings. The Kier molecular flexibility index (Phi) is 2.40. The summed E-state index contributed by atoms with van der Waals surface area (Å²) in [6, 6.07) is 4.58. The number of hydrogen-bond acceptors (Lipinski definition) is 3. The van der Waals surface area contributed by atoms with E-state index in [2.05, 4.69) is 0 Å². The van der Waals surface area contributed by atoms with E-state index < -0.39 is 11.4 Å². The fourth-order valence-electron chi connectivity index (χ4n) is 1.99. The summed E-state index contributed by atoms with van der Waals surface area (Å²) >= 11 is 0. The summed E-state index contributed by atoms with van der Waals surface area (Å²) in [5.41, 5.74) is 6.33. The lowest BCUT2D eigenvalue weighted by atomic mass is 9.70. The van der Waals surface area contributed by atoms with E-state index in [0.717, 1.165) is 5.56 Å². The highest BCUT2D eigenvalue weighted by molar-refractivity contribution is 5.36. The molecule has 1 aliphatic carbocycles. The Bertz CT molecular complexity index is 375. The minimum absolute atomic E-state index is 0.193. The molecule has 0 radical (unpaired) electrons. The van der Waals surface area contributed by atoms with Crippen LogP contribution in [0.5, 0.6) is 5.75 Å². The summed E-state index contributed by atoms with van der Waals surface area (Å²) in [7, 11) is 1.42. The Balaban J connectivity index is 2.30. The molecular weight excluding hydrogens is 197 g/mol. The predicted molar refractivity (Wildman–Crippen MR) is 54.1 cm³/mol. The van der Waals surface area contributed by atoms with Gasteiger partial charge in [0, 0.05) is 5.54 Å². The lowest BCUT2D eigenvalue weighted by Gasteiger charge is -2.42. The first-order valence-corrected chi connectivity index (χ1v) is 4.86. The first-order valence-electron chi connectivity index (χ1n) is 4.86. The second-order valence-corrected chi connectivity index (χ2v) is 4.07. The Labute approximate surface area is 87.7 Å². The van der Waals surface area contributed by atoms with Gasteiger partial charge in [-0.2, -0.15) is 0 Å². The summed E-state index contributed by atoms with van der Waals surface area (Å²) in [6.07, 6.45) is 0.690. The number of halogens is 1. The molecule has 1 saturated carbocycles. The Morgan fingerprint density at radius 2 is 2.20 bits per heavy atom. The molecule has 0 spiro atoms. The van der Waals surface area contributed by atoms with Crippen LogP contribution >= 0.6 is 0 Å². The van der Waals surface area contributed by atoms with Crippen LogP contribution in [0.2, 0.25) is 0 Å². The largest absolute Gasteiger partial charge is 0.494 e. The Hall–Kier alpha value is -1.13. The third-order valence-electron chi connectivity index (χ3n) is 2.93. The molecule has 0 amide bonds. The van der Waals surface area contributed by atoms with Gasteiger partial charge in [0.05, 0.1) is 13.2 Å². The van der Waals surface area contributed by atoms with Crippen LogP contribution in [0.25, 0.3) is 0 Å². The number of benzene rings is 1. The zero-order valence-electron chi connectivity index (χ0n) is 8.53. The van der Waals surface area contributed by atoms with E-state index in [1.165, 1.54) is 13.2 Å². The van der Waals surface area contributed by atoms with E-state index in [-0.39, 0.29) is 11.9 Å². The van der Waals surface area contributed by atoms with Gasteiger partial charge in [-0.3, -0.25) is 0 Å². The van der Waals surface area contributed by atoms with Gasteiger partial charge in [0.2, 0.25) is 0 Å². The average molecular weight is 211 g/mol. The maximum absolute atomic E-state index is 13.1. The summed E-state index contributed by atoms with van der Waals surface area (Å²) < 4.78 is 18.0. The average Bonchev–Trinajstić information content (AvgIpc) is 2.16. The highest BCUT2D eigenvalue weighted by Crippen LogP contribution is 2.40. The molecule has 3 N–H and O–H groups in total. The fourth-order valence-corrected chi connectivity index (χ4v) is 1.99. The summed E-state index contributed by atoms with van der Waals surface area (Å²) in [4.78, 5) is 0. The number of methoxy groups -OCH3 is 1. The van der Waals surface area contributed by atoms with E-state index in [4.69, 9.17) is 10.5 Å². The molecule has 0 atom stereocenters. The van der Waals surface area contributed by atoms with Gasteiger partial charge in [-0.15, -0.1) is 0 Å². The number of rotatable bonds is 2. The van der Waals surface area contributed by atoms with Crippen LogP contribution in [0, 0.1) is 5.82 Å². The van der Waals surface area contributed by atoms with Gasteiger partial charge in [-0.05, 0) is 30.5 Å². The third-order valence-corrected chi connectivity index (χ3v) is 2.93. The lowest BCUT2D eigenvalue weighted by Crippen LogP contribution is -2.51. The van der Waals surface area contributed by atoms with Gasteiger partial charge in [-0.1, -0.05) is 6.07 Å². The molecular formula is C11H14FNO2. The number of hydrogen-bond donors (Lipinski definition) is 2. The van der Waals surface area contributed by atoms with Gasteiger partial charge in [-0.25, -0.2) is 4.39 Å². The molecule has 1 aromatic carbocycles. The molecule has 0 unspecified atom stereocenters. The van der Waals surface area contributed by atoms with Crippen molar-refractivity contribution in [1.82, 2.24) is 0 Å². The van der Waals surface area contributed by atoms with E-state index >= 15 is 0 Å². The van der Waals surface area contributed by atoms with Gasteiger partial charge < -0.3 is 15.6 Å². The standard InChI is InChI=1S/C11H14FNO2/c1-15-10-4-7(2-3-9(10)12)11(13)5-8(14)6-11/h2-4,8,14H,5-6,13H2,1H3. The highest BCUT2D eigenvalue weighted by atomic mass is 19.1. The molecule has 0 aliphatic heterocycles. The van der Waals surface area contributed by atoms with E-state index in [0.29, 0.717) is 12.8 Å². The van der Waals surface area contributed by atoms with E-state index in [1.54, 1.807) is 12.1 Å². The molecule has 4 heteroatoms. The first kappa shape index (κ1) is 10.4. The van der Waals surface area contributed by atoms with E-state index in [9.17, 15) is 9.50 Å². The highest BCUT2D eigenvalue weighted by Gasteiger charge is 2.41. The topological polar surface area (TPSA) is 55.5 Å². The number of ether oxygens (including phenoxy) is 1. The van der Waals surface area contributed by atoms with Crippen molar-refractivity contribution in [3.8, 4) is 5.75 Å². The monoisotopic (exact) mass is 211 g/mol. The van der Waals surface area contributed by atoms with Crippen molar-refractivity contribution in [3.05, 3.63) is 29.6 Å². The molecule has 2 rings (SSSR count). The molecule has 0 aromatic heterocycles.